The van der Waals surface area contributed by atoms with Gasteiger partial charge in [0.05, 0.1) is 5.69 Å². The van der Waals surface area contributed by atoms with Gasteiger partial charge in [0.1, 0.15) is 0 Å². The molecule has 2 aromatic carbocycles. The summed E-state index contributed by atoms with van der Waals surface area (Å²) in [5.41, 5.74) is 4.04. The molecule has 5 heteroatoms. The average Bonchev–Trinajstić information content (AvgIpc) is 3.11. The number of pyridine rings is 1. The molecule has 5 rings (SSSR count). The molecule has 0 radical (unpaired) electrons. The number of para-hydroxylation sites is 1. The van der Waals surface area contributed by atoms with Gasteiger partial charge in [0, 0.05) is 67.8 Å². The third-order valence-corrected chi connectivity index (χ3v) is 6.76. The van der Waals surface area contributed by atoms with Crippen LogP contribution in [0.2, 0.25) is 5.02 Å². The molecule has 154 valence electrons. The highest BCUT2D eigenvalue weighted by molar-refractivity contribution is 6.30. The second-order valence-corrected chi connectivity index (χ2v) is 9.11. The second kappa shape index (κ2) is 8.29. The molecule has 0 bridgehead atoms. The quantitative estimate of drug-likeness (QED) is 0.623. The minimum atomic E-state index is 0.323. The number of hydrogen-bond acceptors (Lipinski definition) is 4. The molecule has 3 aromatic rings. The molecule has 0 amide bonds. The lowest BCUT2D eigenvalue weighted by atomic mass is 9.71. The van der Waals surface area contributed by atoms with Gasteiger partial charge in [0.2, 0.25) is 0 Å². The number of hydrogen-bond donors (Lipinski definition) is 1. The molecule has 2 aliphatic heterocycles. The summed E-state index contributed by atoms with van der Waals surface area (Å²) in [7, 11) is 0. The number of aromatic nitrogens is 1. The first-order valence-electron chi connectivity index (χ1n) is 10.6. The fourth-order valence-electron chi connectivity index (χ4n) is 5.04. The van der Waals surface area contributed by atoms with Crippen molar-refractivity contribution in [3.63, 3.8) is 0 Å². The van der Waals surface area contributed by atoms with Gasteiger partial charge >= 0.3 is 0 Å². The Balaban J connectivity index is 1.30. The van der Waals surface area contributed by atoms with E-state index in [0.717, 1.165) is 50.0 Å². The number of benzene rings is 2. The van der Waals surface area contributed by atoms with Gasteiger partial charge in [-0.25, -0.2) is 0 Å². The Hall–Kier alpha value is -2.56. The Morgan fingerprint density at radius 1 is 1.00 bits per heavy atom. The van der Waals surface area contributed by atoms with Crippen LogP contribution in [0.3, 0.4) is 0 Å². The van der Waals surface area contributed by atoms with Crippen molar-refractivity contribution in [3.05, 3.63) is 89.7 Å². The zero-order valence-electron chi connectivity index (χ0n) is 17.0. The van der Waals surface area contributed by atoms with E-state index in [0.29, 0.717) is 11.3 Å². The fraction of sp³-hybridized carbons (Fsp3) is 0.320. The number of rotatable bonds is 6. The summed E-state index contributed by atoms with van der Waals surface area (Å²) < 4.78 is 0. The molecule has 1 N–H and O–H groups in total. The summed E-state index contributed by atoms with van der Waals surface area (Å²) in [6.07, 6.45) is 3.72. The standard InChI is InChI=1S/C25H27ClN4/c26-22-7-4-6-20(12-22)15-29-16-21(13-28-23-8-5-11-27-14-23)25(17-29)18-30(19-25)24-9-2-1-3-10-24/h1-12,14,21,28H,13,15-19H2. The van der Waals surface area contributed by atoms with E-state index in [4.69, 9.17) is 11.6 Å². The Morgan fingerprint density at radius 3 is 2.63 bits per heavy atom. The van der Waals surface area contributed by atoms with Crippen molar-refractivity contribution >= 4 is 23.0 Å². The van der Waals surface area contributed by atoms with Crippen molar-refractivity contribution in [1.82, 2.24) is 9.88 Å². The van der Waals surface area contributed by atoms with Crippen LogP contribution < -0.4 is 10.2 Å². The summed E-state index contributed by atoms with van der Waals surface area (Å²) in [6, 6.07) is 23.1. The summed E-state index contributed by atoms with van der Waals surface area (Å²) in [6.45, 7) is 6.38. The molecular formula is C25H27ClN4. The topological polar surface area (TPSA) is 31.4 Å². The van der Waals surface area contributed by atoms with Crippen molar-refractivity contribution in [1.29, 1.82) is 0 Å². The third-order valence-electron chi connectivity index (χ3n) is 6.53. The second-order valence-electron chi connectivity index (χ2n) is 8.67. The molecule has 4 nitrogen and oxygen atoms in total. The van der Waals surface area contributed by atoms with Crippen LogP contribution in [0.5, 0.6) is 0 Å². The SMILES string of the molecule is Clc1cccc(CN2CC(CNc3cccnc3)C3(C2)CN(c2ccccc2)C3)c1. The zero-order valence-corrected chi connectivity index (χ0v) is 17.8. The van der Waals surface area contributed by atoms with Crippen molar-refractivity contribution in [2.75, 3.05) is 42.9 Å². The van der Waals surface area contributed by atoms with E-state index in [1.54, 1.807) is 0 Å². The van der Waals surface area contributed by atoms with Crippen LogP contribution in [-0.2, 0) is 6.54 Å². The molecular weight excluding hydrogens is 392 g/mol. The molecule has 0 saturated carbocycles. The summed E-state index contributed by atoms with van der Waals surface area (Å²) in [5, 5.41) is 4.44. The van der Waals surface area contributed by atoms with Crippen LogP contribution in [-0.4, -0.2) is 42.6 Å². The first kappa shape index (κ1) is 19.4. The summed E-state index contributed by atoms with van der Waals surface area (Å²) >= 11 is 6.22. The molecule has 0 aliphatic carbocycles. The zero-order chi connectivity index (χ0) is 20.4. The van der Waals surface area contributed by atoms with Crippen LogP contribution in [0, 0.1) is 11.3 Å². The largest absolute Gasteiger partial charge is 0.383 e. The average molecular weight is 419 g/mol. The molecule has 2 saturated heterocycles. The number of nitrogens with zero attached hydrogens (tertiary/aromatic N) is 3. The van der Waals surface area contributed by atoms with Gasteiger partial charge in [-0.2, -0.15) is 0 Å². The van der Waals surface area contributed by atoms with Crippen LogP contribution in [0.25, 0.3) is 0 Å². The lowest BCUT2D eigenvalue weighted by Crippen LogP contribution is -2.61. The third kappa shape index (κ3) is 4.03. The van der Waals surface area contributed by atoms with Crippen LogP contribution in [0.1, 0.15) is 5.56 Å². The molecule has 30 heavy (non-hydrogen) atoms. The molecule has 2 fully saturated rings. The Morgan fingerprint density at radius 2 is 1.87 bits per heavy atom. The lowest BCUT2D eigenvalue weighted by Gasteiger charge is -2.52. The summed E-state index contributed by atoms with van der Waals surface area (Å²) in [5.74, 6) is 0.594. The van der Waals surface area contributed by atoms with Crippen molar-refractivity contribution in [2.45, 2.75) is 6.54 Å². The van der Waals surface area contributed by atoms with Crippen LogP contribution >= 0.6 is 11.6 Å². The van der Waals surface area contributed by atoms with E-state index in [2.05, 4.69) is 68.6 Å². The molecule has 1 atom stereocenters. The molecule has 1 aromatic heterocycles. The van der Waals surface area contributed by atoms with Crippen LogP contribution in [0.15, 0.2) is 79.1 Å². The van der Waals surface area contributed by atoms with E-state index >= 15 is 0 Å². The highest BCUT2D eigenvalue weighted by Crippen LogP contribution is 2.46. The monoisotopic (exact) mass is 418 g/mol. The van der Waals surface area contributed by atoms with Crippen molar-refractivity contribution in [3.8, 4) is 0 Å². The van der Waals surface area contributed by atoms with Crippen molar-refractivity contribution in [2.24, 2.45) is 11.3 Å². The van der Waals surface area contributed by atoms with Gasteiger partial charge in [0.15, 0.2) is 0 Å². The normalized spacial score (nSPS) is 20.3. The minimum Gasteiger partial charge on any atom is -0.383 e. The van der Waals surface area contributed by atoms with Crippen molar-refractivity contribution < 1.29 is 0 Å². The molecule has 1 spiro atoms. The van der Waals surface area contributed by atoms with E-state index in [1.807, 2.05) is 30.6 Å². The minimum absolute atomic E-state index is 0.323. The maximum absolute atomic E-state index is 6.22. The van der Waals surface area contributed by atoms with E-state index in [-0.39, 0.29) is 0 Å². The Labute approximate surface area is 183 Å². The van der Waals surface area contributed by atoms with Gasteiger partial charge in [-0.3, -0.25) is 9.88 Å². The fourth-order valence-corrected chi connectivity index (χ4v) is 5.25. The van der Waals surface area contributed by atoms with E-state index in [9.17, 15) is 0 Å². The summed E-state index contributed by atoms with van der Waals surface area (Å²) in [4.78, 5) is 9.35. The van der Waals surface area contributed by atoms with Gasteiger partial charge in [-0.05, 0) is 47.9 Å². The number of anilines is 2. The first-order chi connectivity index (χ1) is 14.7. The predicted molar refractivity (Wildman–Crippen MR) is 124 cm³/mol. The predicted octanol–water partition coefficient (Wildman–Crippen LogP) is 4.79. The van der Waals surface area contributed by atoms with Gasteiger partial charge < -0.3 is 10.2 Å². The van der Waals surface area contributed by atoms with Gasteiger partial charge in [0.25, 0.3) is 0 Å². The molecule has 3 heterocycles. The smallest absolute Gasteiger partial charge is 0.0526 e. The maximum Gasteiger partial charge on any atom is 0.0526 e. The number of halogens is 1. The molecule has 2 aliphatic rings. The Bertz CT molecular complexity index is 973. The Kier molecular flexibility index (Phi) is 5.36. The van der Waals surface area contributed by atoms with Crippen LogP contribution in [0.4, 0.5) is 11.4 Å². The first-order valence-corrected chi connectivity index (χ1v) is 11.0. The number of likely N-dealkylation sites (tertiary alicyclic amines) is 1. The maximum atomic E-state index is 6.22. The van der Waals surface area contributed by atoms with Gasteiger partial charge in [-0.15, -0.1) is 0 Å². The number of nitrogens with one attached hydrogen (secondary N) is 1. The highest BCUT2D eigenvalue weighted by atomic mass is 35.5. The van der Waals surface area contributed by atoms with E-state index < -0.39 is 0 Å². The molecule has 1 unspecified atom stereocenters. The lowest BCUT2D eigenvalue weighted by molar-refractivity contribution is 0.162. The highest BCUT2D eigenvalue weighted by Gasteiger charge is 2.53. The van der Waals surface area contributed by atoms with Gasteiger partial charge in [-0.1, -0.05) is 41.9 Å². The van der Waals surface area contributed by atoms with E-state index in [1.165, 1.54) is 11.3 Å².